The Labute approximate surface area is 201 Å². The molecule has 192 valence electrons. The van der Waals surface area contributed by atoms with Gasteiger partial charge in [-0.3, -0.25) is 4.90 Å². The molecule has 4 aliphatic rings. The normalized spacial score (nSPS) is 41.7. The van der Waals surface area contributed by atoms with Crippen molar-refractivity contribution in [1.82, 2.24) is 4.90 Å². The molecule has 0 bridgehead atoms. The van der Waals surface area contributed by atoms with E-state index in [1.54, 1.807) is 4.90 Å². The predicted octanol–water partition coefficient (Wildman–Crippen LogP) is 4.76. The van der Waals surface area contributed by atoms with E-state index >= 15 is 0 Å². The Kier molecular flexibility index (Phi) is 7.15. The van der Waals surface area contributed by atoms with Crippen molar-refractivity contribution in [2.45, 2.75) is 89.2 Å². The lowest BCUT2D eigenvalue weighted by Crippen LogP contribution is -2.48. The van der Waals surface area contributed by atoms with Crippen LogP contribution in [-0.2, 0) is 0 Å². The van der Waals surface area contributed by atoms with Crippen molar-refractivity contribution in [2.75, 3.05) is 19.6 Å². The zero-order valence-electron chi connectivity index (χ0n) is 20.4. The van der Waals surface area contributed by atoms with Gasteiger partial charge >= 0.3 is 6.18 Å². The first kappa shape index (κ1) is 25.9. The van der Waals surface area contributed by atoms with Crippen LogP contribution < -0.4 is 0 Å². The molecule has 1 aliphatic heterocycles. The van der Waals surface area contributed by atoms with Crippen LogP contribution in [0.25, 0.3) is 0 Å². The zero-order chi connectivity index (χ0) is 24.9. The van der Waals surface area contributed by atoms with Gasteiger partial charge in [-0.25, -0.2) is 0 Å². The van der Waals surface area contributed by atoms with Gasteiger partial charge in [0.15, 0.2) is 5.60 Å². The molecular weight excluding hydrogens is 443 g/mol. The number of fused-ring (bicyclic) bond motifs is 1. The average Bonchev–Trinajstić information content (AvgIpc) is 3.30. The van der Waals surface area contributed by atoms with Crippen molar-refractivity contribution in [1.29, 1.82) is 0 Å². The minimum Gasteiger partial charge on any atom is -0.388 e. The molecule has 2 unspecified atom stereocenters. The lowest BCUT2D eigenvalue weighted by molar-refractivity contribution is -0.254. The van der Waals surface area contributed by atoms with E-state index in [2.05, 4.69) is 32.6 Å². The molecule has 3 N–H and O–H groups in total. The summed E-state index contributed by atoms with van der Waals surface area (Å²) in [5.41, 5.74) is 0.519. The maximum absolute atomic E-state index is 13.2. The molecule has 4 fully saturated rings. The molecule has 4 nitrogen and oxygen atoms in total. The van der Waals surface area contributed by atoms with Crippen LogP contribution in [0, 0.1) is 23.2 Å². The fraction of sp³-hybridized carbons (Fsp3) is 0.778. The van der Waals surface area contributed by atoms with Crippen molar-refractivity contribution in [3.63, 3.8) is 0 Å². The molecule has 0 amide bonds. The van der Waals surface area contributed by atoms with Gasteiger partial charge in [0.25, 0.3) is 0 Å². The Morgan fingerprint density at radius 3 is 2.44 bits per heavy atom. The number of hydrogen-bond donors (Lipinski definition) is 3. The maximum Gasteiger partial charge on any atom is 0.418 e. The van der Waals surface area contributed by atoms with Crippen molar-refractivity contribution in [2.24, 2.45) is 23.2 Å². The standard InChI is InChI=1S/C27H40F3NO3/c1-17(15-31-12-11-26(34,16-31)27(28,29)30)21-8-9-22-20(5-4-10-25(21,22)3)7-6-19-13-23(32)18(2)24(33)14-19/h6-7,17,21-24,32-34H,2,4-5,8-16H2,1,3H3/b20-7+/t17?,21-,22+,23-,24-,25-,26?/m1/s1. The summed E-state index contributed by atoms with van der Waals surface area (Å²) in [5.74, 6) is 1.16. The number of nitrogens with zero attached hydrogens (tertiary/aromatic N) is 1. The number of alkyl halides is 3. The zero-order valence-corrected chi connectivity index (χ0v) is 20.4. The van der Waals surface area contributed by atoms with Crippen LogP contribution in [0.15, 0.2) is 35.5 Å². The third-order valence-electron chi connectivity index (χ3n) is 9.43. The molecule has 3 saturated carbocycles. The minimum atomic E-state index is -4.58. The summed E-state index contributed by atoms with van der Waals surface area (Å²) in [5, 5.41) is 30.3. The number of rotatable bonds is 4. The Bertz CT molecular complexity index is 837. The first-order valence-corrected chi connectivity index (χ1v) is 12.8. The number of aliphatic hydroxyl groups excluding tert-OH is 2. The van der Waals surface area contributed by atoms with Gasteiger partial charge in [-0.15, -0.1) is 0 Å². The fourth-order valence-electron chi connectivity index (χ4n) is 7.43. The largest absolute Gasteiger partial charge is 0.418 e. The summed E-state index contributed by atoms with van der Waals surface area (Å²) >= 11 is 0. The van der Waals surface area contributed by atoms with Gasteiger partial charge in [0.2, 0.25) is 0 Å². The van der Waals surface area contributed by atoms with E-state index < -0.39 is 24.0 Å². The number of hydrogen-bond acceptors (Lipinski definition) is 4. The molecular formula is C27H40F3NO3. The van der Waals surface area contributed by atoms with Crippen LogP contribution in [0.3, 0.4) is 0 Å². The molecule has 0 radical (unpaired) electrons. The highest BCUT2D eigenvalue weighted by atomic mass is 19.4. The van der Waals surface area contributed by atoms with Crippen LogP contribution in [0.2, 0.25) is 0 Å². The van der Waals surface area contributed by atoms with Gasteiger partial charge in [0, 0.05) is 19.6 Å². The smallest absolute Gasteiger partial charge is 0.388 e. The van der Waals surface area contributed by atoms with E-state index in [9.17, 15) is 28.5 Å². The summed E-state index contributed by atoms with van der Waals surface area (Å²) in [6.45, 7) is 8.86. The van der Waals surface area contributed by atoms with E-state index in [0.29, 0.717) is 36.8 Å². The molecule has 0 aromatic heterocycles. The van der Waals surface area contributed by atoms with E-state index in [1.165, 1.54) is 5.57 Å². The van der Waals surface area contributed by atoms with Crippen LogP contribution >= 0.6 is 0 Å². The van der Waals surface area contributed by atoms with Gasteiger partial charge in [-0.05, 0) is 80.1 Å². The SMILES string of the molecule is C=C1[C@H](O)CC(=C/C=C2\CCC[C@]3(C)[C@@H](C(C)CN4CCC(O)(C(F)(F)F)C4)CC[C@@H]23)C[C@H]1O. The van der Waals surface area contributed by atoms with Gasteiger partial charge in [-0.2, -0.15) is 13.2 Å². The second-order valence-electron chi connectivity index (χ2n) is 11.7. The molecule has 1 saturated heterocycles. The lowest BCUT2D eigenvalue weighted by atomic mass is 9.61. The van der Waals surface area contributed by atoms with Crippen LogP contribution in [0.5, 0.6) is 0 Å². The molecule has 7 heteroatoms. The number of β-amino-alcohol motifs (C(OH)–C–C–N with tert-alkyl or cyclic N) is 1. The van der Waals surface area contributed by atoms with Crippen LogP contribution in [-0.4, -0.2) is 63.8 Å². The summed E-state index contributed by atoms with van der Waals surface area (Å²) in [7, 11) is 0. The monoisotopic (exact) mass is 483 g/mol. The minimum absolute atomic E-state index is 0.127. The topological polar surface area (TPSA) is 63.9 Å². The molecule has 0 aromatic rings. The molecule has 7 atom stereocenters. The summed E-state index contributed by atoms with van der Waals surface area (Å²) in [6, 6.07) is 0. The third kappa shape index (κ3) is 4.78. The van der Waals surface area contributed by atoms with E-state index in [-0.39, 0.29) is 30.8 Å². The summed E-state index contributed by atoms with van der Waals surface area (Å²) < 4.78 is 39.7. The van der Waals surface area contributed by atoms with E-state index in [4.69, 9.17) is 0 Å². The Hall–Kier alpha value is -1.15. The Morgan fingerprint density at radius 1 is 1.15 bits per heavy atom. The summed E-state index contributed by atoms with van der Waals surface area (Å²) in [6.07, 6.45) is 4.56. The highest BCUT2D eigenvalue weighted by molar-refractivity contribution is 5.29. The average molecular weight is 484 g/mol. The van der Waals surface area contributed by atoms with Gasteiger partial charge in [0.1, 0.15) is 0 Å². The van der Waals surface area contributed by atoms with Crippen molar-refractivity contribution < 1.29 is 28.5 Å². The van der Waals surface area contributed by atoms with Crippen LogP contribution in [0.4, 0.5) is 13.2 Å². The molecule has 3 aliphatic carbocycles. The van der Waals surface area contributed by atoms with E-state index in [0.717, 1.165) is 37.7 Å². The van der Waals surface area contributed by atoms with Crippen molar-refractivity contribution >= 4 is 0 Å². The molecule has 0 aromatic carbocycles. The lowest BCUT2D eigenvalue weighted by Gasteiger charge is -2.45. The molecule has 1 heterocycles. The number of halogens is 3. The third-order valence-corrected chi connectivity index (χ3v) is 9.43. The fourth-order valence-corrected chi connectivity index (χ4v) is 7.43. The Morgan fingerprint density at radius 2 is 1.82 bits per heavy atom. The second kappa shape index (κ2) is 9.38. The van der Waals surface area contributed by atoms with Crippen LogP contribution in [0.1, 0.15) is 65.2 Å². The molecule has 34 heavy (non-hydrogen) atoms. The van der Waals surface area contributed by atoms with Crippen molar-refractivity contribution in [3.8, 4) is 0 Å². The number of likely N-dealkylation sites (tertiary alicyclic amines) is 1. The number of allylic oxidation sites excluding steroid dienone is 3. The second-order valence-corrected chi connectivity index (χ2v) is 11.7. The highest BCUT2D eigenvalue weighted by Gasteiger charge is 2.57. The molecule has 4 rings (SSSR count). The Balaban J connectivity index is 1.43. The predicted molar refractivity (Wildman–Crippen MR) is 126 cm³/mol. The summed E-state index contributed by atoms with van der Waals surface area (Å²) in [4.78, 5) is 1.80. The van der Waals surface area contributed by atoms with E-state index in [1.807, 2.05) is 0 Å². The highest BCUT2D eigenvalue weighted by Crippen LogP contribution is 2.59. The first-order chi connectivity index (χ1) is 15.8. The van der Waals surface area contributed by atoms with Gasteiger partial charge in [0.05, 0.1) is 12.2 Å². The van der Waals surface area contributed by atoms with Crippen molar-refractivity contribution in [3.05, 3.63) is 35.5 Å². The molecule has 0 spiro atoms. The quantitative estimate of drug-likeness (QED) is 0.505. The maximum atomic E-state index is 13.2. The van der Waals surface area contributed by atoms with Gasteiger partial charge in [-0.1, -0.05) is 43.7 Å². The first-order valence-electron chi connectivity index (χ1n) is 12.8. The number of aliphatic hydroxyl groups is 3. The van der Waals surface area contributed by atoms with Gasteiger partial charge < -0.3 is 15.3 Å².